The molecule has 1 aliphatic heterocycles. The highest BCUT2D eigenvalue weighted by atomic mass is 19.1. The molecule has 1 fully saturated rings. The predicted octanol–water partition coefficient (Wildman–Crippen LogP) is 2.66. The van der Waals surface area contributed by atoms with Crippen LogP contribution in [0.1, 0.15) is 15.9 Å². The van der Waals surface area contributed by atoms with E-state index in [0.717, 1.165) is 5.69 Å². The second kappa shape index (κ2) is 6.49. The van der Waals surface area contributed by atoms with E-state index in [9.17, 15) is 9.18 Å². The molecule has 0 bridgehead atoms. The summed E-state index contributed by atoms with van der Waals surface area (Å²) in [4.78, 5) is 16.4. The highest BCUT2D eigenvalue weighted by Crippen LogP contribution is 2.18. The lowest BCUT2D eigenvalue weighted by molar-refractivity contribution is 0.0747. The van der Waals surface area contributed by atoms with E-state index in [-0.39, 0.29) is 11.7 Å². The summed E-state index contributed by atoms with van der Waals surface area (Å²) in [7, 11) is 0. The Morgan fingerprint density at radius 1 is 0.957 bits per heavy atom. The molecule has 0 spiro atoms. The summed E-state index contributed by atoms with van der Waals surface area (Å²) in [5.74, 6) is -0.267. The number of nitriles is 1. The molecule has 1 amide bonds. The first-order valence-electron chi connectivity index (χ1n) is 7.47. The van der Waals surface area contributed by atoms with Gasteiger partial charge in [-0.3, -0.25) is 4.79 Å². The third-order valence-electron chi connectivity index (χ3n) is 4.02. The second-order valence-electron chi connectivity index (χ2n) is 5.44. The zero-order valence-electron chi connectivity index (χ0n) is 12.6. The van der Waals surface area contributed by atoms with Crippen molar-refractivity contribution in [1.82, 2.24) is 4.90 Å². The minimum absolute atomic E-state index is 0.0201. The molecule has 116 valence electrons. The predicted molar refractivity (Wildman–Crippen MR) is 85.7 cm³/mol. The molecule has 0 aromatic heterocycles. The van der Waals surface area contributed by atoms with Gasteiger partial charge in [0.1, 0.15) is 5.82 Å². The van der Waals surface area contributed by atoms with Gasteiger partial charge in [-0.2, -0.15) is 5.26 Å². The van der Waals surface area contributed by atoms with Crippen molar-refractivity contribution in [1.29, 1.82) is 5.26 Å². The largest absolute Gasteiger partial charge is 0.368 e. The van der Waals surface area contributed by atoms with Crippen molar-refractivity contribution in [2.45, 2.75) is 0 Å². The number of nitrogens with zero attached hydrogens (tertiary/aromatic N) is 3. The van der Waals surface area contributed by atoms with E-state index in [1.54, 1.807) is 41.3 Å². The molecular weight excluding hydrogens is 293 g/mol. The molecule has 1 heterocycles. The summed E-state index contributed by atoms with van der Waals surface area (Å²) in [5, 5.41) is 8.80. The van der Waals surface area contributed by atoms with E-state index < -0.39 is 0 Å². The first kappa shape index (κ1) is 15.0. The minimum Gasteiger partial charge on any atom is -0.368 e. The number of piperazine rings is 1. The number of rotatable bonds is 2. The molecule has 0 radical (unpaired) electrons. The molecule has 0 atom stereocenters. The van der Waals surface area contributed by atoms with Gasteiger partial charge in [0.15, 0.2) is 0 Å². The fourth-order valence-corrected chi connectivity index (χ4v) is 2.69. The first-order chi connectivity index (χ1) is 11.2. The molecule has 5 heteroatoms. The number of carbonyl (C=O) groups excluding carboxylic acids is 1. The molecule has 0 aliphatic carbocycles. The molecule has 3 rings (SSSR count). The molecule has 0 N–H and O–H groups in total. The van der Waals surface area contributed by atoms with Crippen LogP contribution in [0.15, 0.2) is 48.5 Å². The van der Waals surface area contributed by atoms with Crippen molar-refractivity contribution in [3.05, 3.63) is 65.5 Å². The number of amides is 1. The van der Waals surface area contributed by atoms with Crippen LogP contribution < -0.4 is 4.90 Å². The van der Waals surface area contributed by atoms with Crippen molar-refractivity contribution in [3.8, 4) is 6.07 Å². The molecule has 2 aromatic carbocycles. The van der Waals surface area contributed by atoms with Crippen LogP contribution in [0.2, 0.25) is 0 Å². The zero-order chi connectivity index (χ0) is 16.2. The van der Waals surface area contributed by atoms with Crippen LogP contribution >= 0.6 is 0 Å². The van der Waals surface area contributed by atoms with Crippen LogP contribution in [0.5, 0.6) is 0 Å². The van der Waals surface area contributed by atoms with Crippen LogP contribution in [-0.4, -0.2) is 37.0 Å². The Bertz CT molecular complexity index is 726. The summed E-state index contributed by atoms with van der Waals surface area (Å²) in [6.45, 7) is 2.67. The van der Waals surface area contributed by atoms with E-state index in [2.05, 4.69) is 4.90 Å². The summed E-state index contributed by atoms with van der Waals surface area (Å²) in [6.07, 6.45) is 0. The quantitative estimate of drug-likeness (QED) is 0.857. The summed E-state index contributed by atoms with van der Waals surface area (Å²) in [5.41, 5.74) is 2.11. The Balaban J connectivity index is 1.62. The number of halogens is 1. The van der Waals surface area contributed by atoms with Crippen molar-refractivity contribution < 1.29 is 9.18 Å². The Kier molecular flexibility index (Phi) is 4.24. The van der Waals surface area contributed by atoms with E-state index in [1.807, 2.05) is 6.07 Å². The Morgan fingerprint density at radius 3 is 2.13 bits per heavy atom. The standard InChI is InChI=1S/C18H16FN3O/c19-16-5-7-17(8-6-16)21-9-11-22(12-10-21)18(23)15-3-1-14(13-20)2-4-15/h1-8H,9-12H2. The number of benzene rings is 2. The van der Waals surface area contributed by atoms with Gasteiger partial charge in [-0.25, -0.2) is 4.39 Å². The normalized spacial score (nSPS) is 14.4. The lowest BCUT2D eigenvalue weighted by Gasteiger charge is -2.36. The lowest BCUT2D eigenvalue weighted by Crippen LogP contribution is -2.48. The van der Waals surface area contributed by atoms with Crippen molar-refractivity contribution >= 4 is 11.6 Å². The highest BCUT2D eigenvalue weighted by Gasteiger charge is 2.22. The van der Waals surface area contributed by atoms with E-state index in [1.165, 1.54) is 12.1 Å². The Labute approximate surface area is 134 Å². The lowest BCUT2D eigenvalue weighted by atomic mass is 10.1. The summed E-state index contributed by atoms with van der Waals surface area (Å²) >= 11 is 0. The van der Waals surface area contributed by atoms with Gasteiger partial charge < -0.3 is 9.80 Å². The van der Waals surface area contributed by atoms with Crippen LogP contribution in [-0.2, 0) is 0 Å². The van der Waals surface area contributed by atoms with Crippen LogP contribution in [0.4, 0.5) is 10.1 Å². The van der Waals surface area contributed by atoms with Crippen molar-refractivity contribution in [2.75, 3.05) is 31.1 Å². The average Bonchev–Trinajstić information content (AvgIpc) is 2.62. The third kappa shape index (κ3) is 3.32. The number of carbonyl (C=O) groups is 1. The van der Waals surface area contributed by atoms with Gasteiger partial charge in [-0.15, -0.1) is 0 Å². The van der Waals surface area contributed by atoms with Crippen LogP contribution in [0.25, 0.3) is 0 Å². The summed E-state index contributed by atoms with van der Waals surface area (Å²) < 4.78 is 13.0. The fourth-order valence-electron chi connectivity index (χ4n) is 2.69. The maximum Gasteiger partial charge on any atom is 0.253 e. The topological polar surface area (TPSA) is 47.3 Å². The highest BCUT2D eigenvalue weighted by molar-refractivity contribution is 5.94. The maximum absolute atomic E-state index is 13.0. The molecule has 0 saturated carbocycles. The SMILES string of the molecule is N#Cc1ccc(C(=O)N2CCN(c3ccc(F)cc3)CC2)cc1. The zero-order valence-corrected chi connectivity index (χ0v) is 12.6. The molecule has 4 nitrogen and oxygen atoms in total. The Morgan fingerprint density at radius 2 is 1.57 bits per heavy atom. The van der Waals surface area contributed by atoms with Crippen molar-refractivity contribution in [3.63, 3.8) is 0 Å². The van der Waals surface area contributed by atoms with Gasteiger partial charge in [-0.1, -0.05) is 0 Å². The number of hydrogen-bond acceptors (Lipinski definition) is 3. The summed E-state index contributed by atoms with van der Waals surface area (Å²) in [6, 6.07) is 15.1. The molecule has 0 unspecified atom stereocenters. The van der Waals surface area contributed by atoms with Gasteiger partial charge >= 0.3 is 0 Å². The monoisotopic (exact) mass is 309 g/mol. The minimum atomic E-state index is -0.247. The number of hydrogen-bond donors (Lipinski definition) is 0. The fraction of sp³-hybridized carbons (Fsp3) is 0.222. The molecule has 1 saturated heterocycles. The van der Waals surface area contributed by atoms with Gasteiger partial charge in [-0.05, 0) is 48.5 Å². The number of anilines is 1. The van der Waals surface area contributed by atoms with E-state index in [0.29, 0.717) is 37.3 Å². The Hall–Kier alpha value is -2.87. The van der Waals surface area contributed by atoms with Gasteiger partial charge in [0.2, 0.25) is 0 Å². The smallest absolute Gasteiger partial charge is 0.253 e. The first-order valence-corrected chi connectivity index (χ1v) is 7.47. The molecular formula is C18H16FN3O. The molecule has 1 aliphatic rings. The van der Waals surface area contributed by atoms with Crippen molar-refractivity contribution in [2.24, 2.45) is 0 Å². The van der Waals surface area contributed by atoms with Gasteiger partial charge in [0.05, 0.1) is 11.6 Å². The van der Waals surface area contributed by atoms with Crippen LogP contribution in [0.3, 0.4) is 0 Å². The average molecular weight is 309 g/mol. The molecule has 2 aromatic rings. The van der Waals surface area contributed by atoms with Gasteiger partial charge in [0.25, 0.3) is 5.91 Å². The maximum atomic E-state index is 13.0. The second-order valence-corrected chi connectivity index (χ2v) is 5.44. The van der Waals surface area contributed by atoms with Gasteiger partial charge in [0, 0.05) is 37.4 Å². The van der Waals surface area contributed by atoms with Crippen LogP contribution in [0, 0.1) is 17.1 Å². The molecule has 23 heavy (non-hydrogen) atoms. The third-order valence-corrected chi connectivity index (χ3v) is 4.02. The van der Waals surface area contributed by atoms with E-state index >= 15 is 0 Å². The van der Waals surface area contributed by atoms with E-state index in [4.69, 9.17) is 5.26 Å².